The van der Waals surface area contributed by atoms with Gasteiger partial charge in [-0.05, 0) is 34.5 Å². The van der Waals surface area contributed by atoms with Crippen molar-refractivity contribution in [1.29, 1.82) is 0 Å². The molecule has 0 bridgehead atoms. The largest absolute Gasteiger partial charge is 0.461 e. The molecule has 2 aromatic rings. The minimum absolute atomic E-state index is 0.0309. The molecule has 0 aromatic carbocycles. The Morgan fingerprint density at radius 2 is 2.38 bits per heavy atom. The Morgan fingerprint density at radius 1 is 1.46 bits per heavy atom. The van der Waals surface area contributed by atoms with Crippen LogP contribution in [-0.4, -0.2) is 5.78 Å². The lowest BCUT2D eigenvalue weighted by molar-refractivity contribution is 0.0966. The predicted molar refractivity (Wildman–Crippen MR) is 51.1 cm³/mol. The molecule has 13 heavy (non-hydrogen) atoms. The van der Waals surface area contributed by atoms with Crippen molar-refractivity contribution in [2.75, 3.05) is 0 Å². The predicted octanol–water partition coefficient (Wildman–Crippen LogP) is 2.77. The molecule has 66 valence electrons. The van der Waals surface area contributed by atoms with Crippen LogP contribution in [0, 0.1) is 0 Å². The lowest BCUT2D eigenvalue weighted by atomic mass is 10.1. The molecule has 0 aliphatic rings. The zero-order chi connectivity index (χ0) is 9.10. The van der Waals surface area contributed by atoms with Gasteiger partial charge in [0.2, 0.25) is 5.78 Å². The summed E-state index contributed by atoms with van der Waals surface area (Å²) in [5.41, 5.74) is 1.05. The summed E-state index contributed by atoms with van der Waals surface area (Å²) in [5.74, 6) is 0.467. The Morgan fingerprint density at radius 3 is 3.00 bits per heavy atom. The van der Waals surface area contributed by atoms with Crippen molar-refractivity contribution in [1.82, 2.24) is 0 Å². The van der Waals surface area contributed by atoms with Gasteiger partial charge in [0.05, 0.1) is 6.26 Å². The zero-order valence-corrected chi connectivity index (χ0v) is 7.71. The smallest absolute Gasteiger partial charge is 0.202 e. The number of ketones is 1. The molecule has 0 unspecified atom stereocenters. The topological polar surface area (TPSA) is 30.2 Å². The molecule has 0 saturated heterocycles. The molecule has 0 fully saturated rings. The third kappa shape index (κ3) is 1.87. The number of furan rings is 1. The van der Waals surface area contributed by atoms with E-state index in [9.17, 15) is 4.79 Å². The molecule has 2 heterocycles. The van der Waals surface area contributed by atoms with Crippen LogP contribution < -0.4 is 0 Å². The number of hydrogen-bond donors (Lipinski definition) is 0. The van der Waals surface area contributed by atoms with Gasteiger partial charge in [-0.25, -0.2) is 0 Å². The third-order valence-corrected chi connectivity index (χ3v) is 2.47. The summed E-state index contributed by atoms with van der Waals surface area (Å²) in [6, 6.07) is 5.36. The van der Waals surface area contributed by atoms with E-state index in [0.717, 1.165) is 5.56 Å². The highest BCUT2D eigenvalue weighted by Crippen LogP contribution is 2.10. The van der Waals surface area contributed by atoms with Crippen LogP contribution in [-0.2, 0) is 6.42 Å². The standard InChI is InChI=1S/C10H8O2S/c11-9(10-2-1-4-12-10)6-8-3-5-13-7-8/h1-5,7H,6H2. The first-order chi connectivity index (χ1) is 6.36. The highest BCUT2D eigenvalue weighted by Gasteiger charge is 2.09. The number of rotatable bonds is 3. The van der Waals surface area contributed by atoms with Crippen molar-refractivity contribution in [3.8, 4) is 0 Å². The van der Waals surface area contributed by atoms with Gasteiger partial charge in [-0.1, -0.05) is 0 Å². The van der Waals surface area contributed by atoms with Gasteiger partial charge in [-0.2, -0.15) is 11.3 Å². The van der Waals surface area contributed by atoms with Gasteiger partial charge in [0.15, 0.2) is 5.76 Å². The second-order valence-corrected chi connectivity index (χ2v) is 3.49. The first kappa shape index (κ1) is 8.26. The van der Waals surface area contributed by atoms with Crippen LogP contribution in [0.1, 0.15) is 16.1 Å². The molecule has 2 nitrogen and oxygen atoms in total. The Hall–Kier alpha value is -1.35. The fraction of sp³-hybridized carbons (Fsp3) is 0.100. The van der Waals surface area contributed by atoms with Crippen LogP contribution in [0.4, 0.5) is 0 Å². The third-order valence-electron chi connectivity index (χ3n) is 1.74. The first-order valence-electron chi connectivity index (χ1n) is 3.94. The summed E-state index contributed by atoms with van der Waals surface area (Å²) in [6.45, 7) is 0. The fourth-order valence-corrected chi connectivity index (χ4v) is 1.77. The van der Waals surface area contributed by atoms with E-state index < -0.39 is 0 Å². The number of thiophene rings is 1. The van der Waals surface area contributed by atoms with Crippen molar-refractivity contribution in [3.63, 3.8) is 0 Å². The molecule has 0 radical (unpaired) electrons. The molecule has 0 aliphatic carbocycles. The molecule has 0 aliphatic heterocycles. The van der Waals surface area contributed by atoms with Crippen molar-refractivity contribution in [2.45, 2.75) is 6.42 Å². The number of carbonyl (C=O) groups excluding carboxylic acids is 1. The molecule has 0 saturated carbocycles. The lowest BCUT2D eigenvalue weighted by Crippen LogP contribution is -2.00. The van der Waals surface area contributed by atoms with Crippen LogP contribution >= 0.6 is 11.3 Å². The van der Waals surface area contributed by atoms with Gasteiger partial charge in [0.25, 0.3) is 0 Å². The van der Waals surface area contributed by atoms with Crippen molar-refractivity contribution < 1.29 is 9.21 Å². The highest BCUT2D eigenvalue weighted by atomic mass is 32.1. The molecule has 0 spiro atoms. The summed E-state index contributed by atoms with van der Waals surface area (Å²) in [5, 5.41) is 3.94. The van der Waals surface area contributed by atoms with E-state index >= 15 is 0 Å². The molecule has 0 atom stereocenters. The minimum atomic E-state index is 0.0309. The minimum Gasteiger partial charge on any atom is -0.461 e. The Labute approximate surface area is 79.8 Å². The Kier molecular flexibility index (Phi) is 2.27. The molecule has 0 N–H and O–H groups in total. The summed E-state index contributed by atoms with van der Waals surface area (Å²) >= 11 is 1.60. The average Bonchev–Trinajstić information content (AvgIpc) is 2.74. The quantitative estimate of drug-likeness (QED) is 0.700. The van der Waals surface area contributed by atoms with E-state index in [1.807, 2.05) is 16.8 Å². The summed E-state index contributed by atoms with van der Waals surface area (Å²) in [4.78, 5) is 11.5. The molecule has 3 heteroatoms. The van der Waals surface area contributed by atoms with Gasteiger partial charge in [0.1, 0.15) is 0 Å². The molecule has 2 aromatic heterocycles. The van der Waals surface area contributed by atoms with Crippen LogP contribution in [0.5, 0.6) is 0 Å². The van der Waals surface area contributed by atoms with E-state index in [1.165, 1.54) is 6.26 Å². The van der Waals surface area contributed by atoms with E-state index in [0.29, 0.717) is 12.2 Å². The molecular weight excluding hydrogens is 184 g/mol. The monoisotopic (exact) mass is 192 g/mol. The maximum absolute atomic E-state index is 11.5. The lowest BCUT2D eigenvalue weighted by Gasteiger charge is -1.93. The molecular formula is C10H8O2S. The number of Topliss-reactive ketones (excluding diaryl/α,β-unsaturated/α-hetero) is 1. The van der Waals surface area contributed by atoms with E-state index in [2.05, 4.69) is 0 Å². The van der Waals surface area contributed by atoms with E-state index in [4.69, 9.17) is 4.42 Å². The van der Waals surface area contributed by atoms with Crippen molar-refractivity contribution in [2.24, 2.45) is 0 Å². The van der Waals surface area contributed by atoms with E-state index in [1.54, 1.807) is 23.5 Å². The van der Waals surface area contributed by atoms with Crippen LogP contribution in [0.25, 0.3) is 0 Å². The normalized spacial score (nSPS) is 10.2. The van der Waals surface area contributed by atoms with Crippen molar-refractivity contribution in [3.05, 3.63) is 46.5 Å². The highest BCUT2D eigenvalue weighted by molar-refractivity contribution is 7.08. The van der Waals surface area contributed by atoms with Crippen LogP contribution in [0.15, 0.2) is 39.6 Å². The van der Waals surface area contributed by atoms with Gasteiger partial charge in [0, 0.05) is 6.42 Å². The first-order valence-corrected chi connectivity index (χ1v) is 4.88. The SMILES string of the molecule is O=C(Cc1ccsc1)c1ccco1. The Bertz CT molecular complexity index is 373. The van der Waals surface area contributed by atoms with E-state index in [-0.39, 0.29) is 5.78 Å². The maximum Gasteiger partial charge on any atom is 0.202 e. The zero-order valence-electron chi connectivity index (χ0n) is 6.90. The number of hydrogen-bond acceptors (Lipinski definition) is 3. The van der Waals surface area contributed by atoms with Crippen LogP contribution in [0.2, 0.25) is 0 Å². The Balaban J connectivity index is 2.08. The summed E-state index contributed by atoms with van der Waals surface area (Å²) in [7, 11) is 0. The molecule has 0 amide bonds. The number of carbonyl (C=O) groups is 1. The summed E-state index contributed by atoms with van der Waals surface area (Å²) in [6.07, 6.45) is 1.94. The summed E-state index contributed by atoms with van der Waals surface area (Å²) < 4.78 is 5.00. The van der Waals surface area contributed by atoms with Gasteiger partial charge < -0.3 is 4.42 Å². The van der Waals surface area contributed by atoms with Crippen LogP contribution in [0.3, 0.4) is 0 Å². The van der Waals surface area contributed by atoms with Gasteiger partial charge in [-0.3, -0.25) is 4.79 Å². The average molecular weight is 192 g/mol. The van der Waals surface area contributed by atoms with Gasteiger partial charge >= 0.3 is 0 Å². The van der Waals surface area contributed by atoms with Gasteiger partial charge in [-0.15, -0.1) is 0 Å². The van der Waals surface area contributed by atoms with Crippen molar-refractivity contribution >= 4 is 17.1 Å². The fourth-order valence-electron chi connectivity index (χ4n) is 1.10. The maximum atomic E-state index is 11.5. The molecule has 2 rings (SSSR count). The second kappa shape index (κ2) is 3.58. The second-order valence-electron chi connectivity index (χ2n) is 2.71.